The molecule has 1 aromatic carbocycles. The monoisotopic (exact) mass is 400 g/mol. The fourth-order valence-electron chi connectivity index (χ4n) is 3.70. The molecule has 6 nitrogen and oxygen atoms in total. The average molecular weight is 401 g/mol. The minimum atomic E-state index is -3.42. The summed E-state index contributed by atoms with van der Waals surface area (Å²) in [7, 11) is -1.75. The highest BCUT2D eigenvalue weighted by molar-refractivity contribution is 7.89. The first-order chi connectivity index (χ1) is 12.4. The fraction of sp³-hybridized carbons (Fsp3) is 0.611. The van der Waals surface area contributed by atoms with Gasteiger partial charge in [0.05, 0.1) is 11.4 Å². The van der Waals surface area contributed by atoms with Crippen molar-refractivity contribution in [3.63, 3.8) is 0 Å². The molecule has 1 atom stereocenters. The van der Waals surface area contributed by atoms with Gasteiger partial charge in [-0.2, -0.15) is 0 Å². The molecule has 0 bridgehead atoms. The lowest BCUT2D eigenvalue weighted by atomic mass is 10.1. The number of nitrogens with zero attached hydrogens (tertiary/aromatic N) is 2. The maximum absolute atomic E-state index is 13.0. The number of sulfonamides is 1. The van der Waals surface area contributed by atoms with Gasteiger partial charge in [0.1, 0.15) is 0 Å². The van der Waals surface area contributed by atoms with E-state index in [0.29, 0.717) is 55.9 Å². The van der Waals surface area contributed by atoms with E-state index < -0.39 is 15.3 Å². The number of piperidine rings is 2. The van der Waals surface area contributed by atoms with Crippen molar-refractivity contribution in [2.45, 2.75) is 37.0 Å². The second-order valence-corrected chi connectivity index (χ2v) is 9.55. The first kappa shape index (κ1) is 19.6. The maximum atomic E-state index is 13.0. The molecule has 0 aromatic heterocycles. The lowest BCUT2D eigenvalue weighted by Crippen LogP contribution is -2.51. The van der Waals surface area contributed by atoms with E-state index in [2.05, 4.69) is 0 Å². The van der Waals surface area contributed by atoms with Gasteiger partial charge in [0.15, 0.2) is 0 Å². The Hall–Kier alpha value is -1.15. The Balaban J connectivity index is 1.68. The molecule has 26 heavy (non-hydrogen) atoms. The number of methoxy groups -OCH3 is 1. The van der Waals surface area contributed by atoms with Crippen LogP contribution < -0.4 is 0 Å². The predicted molar refractivity (Wildman–Crippen MR) is 101 cm³/mol. The summed E-state index contributed by atoms with van der Waals surface area (Å²) >= 11 is 5.97. The zero-order valence-corrected chi connectivity index (χ0v) is 16.5. The Morgan fingerprint density at radius 3 is 2.58 bits per heavy atom. The van der Waals surface area contributed by atoms with E-state index in [-0.39, 0.29) is 18.6 Å². The van der Waals surface area contributed by atoms with E-state index >= 15 is 0 Å². The number of rotatable bonds is 4. The summed E-state index contributed by atoms with van der Waals surface area (Å²) in [4.78, 5) is 14.4. The number of carbonyl (C=O) groups is 1. The molecule has 0 N–H and O–H groups in total. The molecule has 0 radical (unpaired) electrons. The van der Waals surface area contributed by atoms with Crippen LogP contribution in [0.5, 0.6) is 0 Å². The lowest BCUT2D eigenvalue weighted by Gasteiger charge is -2.37. The van der Waals surface area contributed by atoms with Gasteiger partial charge >= 0.3 is 0 Å². The minimum Gasteiger partial charge on any atom is -0.381 e. The molecule has 2 heterocycles. The van der Waals surface area contributed by atoms with Gasteiger partial charge in [-0.3, -0.25) is 4.79 Å². The number of benzene rings is 1. The molecule has 0 spiro atoms. The third-order valence-electron chi connectivity index (χ3n) is 5.25. The lowest BCUT2D eigenvalue weighted by molar-refractivity contribution is 0.0597. The molecule has 2 fully saturated rings. The van der Waals surface area contributed by atoms with Crippen molar-refractivity contribution >= 4 is 27.5 Å². The number of carbonyl (C=O) groups excluding carboxylic acids is 1. The van der Waals surface area contributed by atoms with Crippen LogP contribution >= 0.6 is 11.6 Å². The second-order valence-electron chi connectivity index (χ2n) is 6.90. The van der Waals surface area contributed by atoms with Crippen molar-refractivity contribution in [3.8, 4) is 0 Å². The van der Waals surface area contributed by atoms with Gasteiger partial charge in [-0.1, -0.05) is 17.7 Å². The summed E-state index contributed by atoms with van der Waals surface area (Å²) in [6, 6.07) is 6.78. The Kier molecular flexibility index (Phi) is 6.22. The van der Waals surface area contributed by atoms with Gasteiger partial charge in [-0.05, 0) is 43.9 Å². The smallest absolute Gasteiger partial charge is 0.253 e. The Morgan fingerprint density at radius 2 is 1.92 bits per heavy atom. The molecule has 2 aliphatic rings. The van der Waals surface area contributed by atoms with Crippen LogP contribution in [-0.4, -0.2) is 68.2 Å². The van der Waals surface area contributed by atoms with Crippen molar-refractivity contribution in [1.82, 2.24) is 9.21 Å². The number of amides is 1. The largest absolute Gasteiger partial charge is 0.381 e. The fourth-order valence-corrected chi connectivity index (χ4v) is 5.87. The van der Waals surface area contributed by atoms with E-state index in [4.69, 9.17) is 16.3 Å². The van der Waals surface area contributed by atoms with E-state index in [1.165, 1.54) is 0 Å². The molecular weight excluding hydrogens is 376 g/mol. The Labute approximate surface area is 160 Å². The Morgan fingerprint density at radius 1 is 1.19 bits per heavy atom. The van der Waals surface area contributed by atoms with Crippen LogP contribution in [0.3, 0.4) is 0 Å². The zero-order valence-electron chi connectivity index (χ0n) is 14.9. The molecule has 2 aliphatic heterocycles. The first-order valence-corrected chi connectivity index (χ1v) is 10.9. The first-order valence-electron chi connectivity index (χ1n) is 8.98. The van der Waals surface area contributed by atoms with Crippen molar-refractivity contribution in [3.05, 3.63) is 34.9 Å². The van der Waals surface area contributed by atoms with Gasteiger partial charge in [-0.15, -0.1) is 0 Å². The summed E-state index contributed by atoms with van der Waals surface area (Å²) in [5, 5.41) is -0.0449. The summed E-state index contributed by atoms with van der Waals surface area (Å²) in [6.07, 6.45) is 2.84. The average Bonchev–Trinajstić information content (AvgIpc) is 2.67. The molecule has 1 amide bonds. The van der Waals surface area contributed by atoms with Crippen LogP contribution in [0.4, 0.5) is 0 Å². The topological polar surface area (TPSA) is 66.9 Å². The molecular formula is C18H25ClN2O4S. The molecule has 144 valence electrons. The van der Waals surface area contributed by atoms with Crippen molar-refractivity contribution in [2.75, 3.05) is 33.3 Å². The van der Waals surface area contributed by atoms with Crippen LogP contribution in [0.25, 0.3) is 0 Å². The Bertz CT molecular complexity index is 747. The van der Waals surface area contributed by atoms with E-state index in [1.54, 1.807) is 40.6 Å². The van der Waals surface area contributed by atoms with Crippen molar-refractivity contribution in [2.24, 2.45) is 0 Å². The van der Waals surface area contributed by atoms with Crippen molar-refractivity contribution < 1.29 is 17.9 Å². The van der Waals surface area contributed by atoms with Gasteiger partial charge < -0.3 is 9.64 Å². The summed E-state index contributed by atoms with van der Waals surface area (Å²) in [5.74, 6) is -0.162. The van der Waals surface area contributed by atoms with Gasteiger partial charge in [0.2, 0.25) is 10.0 Å². The number of likely N-dealkylation sites (tertiary alicyclic amines) is 1. The molecule has 3 rings (SSSR count). The number of halogens is 1. The van der Waals surface area contributed by atoms with Gasteiger partial charge in [-0.25, -0.2) is 12.7 Å². The molecule has 2 saturated heterocycles. The highest BCUT2D eigenvalue weighted by Crippen LogP contribution is 2.25. The third-order valence-corrected chi connectivity index (χ3v) is 7.80. The number of ether oxygens (including phenoxy) is 1. The molecule has 8 heteroatoms. The van der Waals surface area contributed by atoms with Crippen LogP contribution in [0.1, 0.15) is 36.0 Å². The molecule has 1 unspecified atom stereocenters. The zero-order chi connectivity index (χ0) is 18.7. The minimum absolute atomic E-state index is 0.133. The molecule has 0 saturated carbocycles. The number of hydrogen-bond donors (Lipinski definition) is 0. The standard InChI is InChI=1S/C18H25ClN2O4S/c1-25-16-7-10-21(11-8-16)26(23,24)17-6-3-9-20(13-17)18(22)14-4-2-5-15(19)12-14/h2,4-5,12,16-17H,3,6-11,13H2,1H3. The van der Waals surface area contributed by atoms with Crippen LogP contribution in [-0.2, 0) is 14.8 Å². The summed E-state index contributed by atoms with van der Waals surface area (Å²) in [5.41, 5.74) is 0.497. The summed E-state index contributed by atoms with van der Waals surface area (Å²) in [6.45, 7) is 1.78. The van der Waals surface area contributed by atoms with E-state index in [0.717, 1.165) is 0 Å². The quantitative estimate of drug-likeness (QED) is 0.778. The van der Waals surface area contributed by atoms with Gasteiger partial charge in [0, 0.05) is 43.9 Å². The van der Waals surface area contributed by atoms with E-state index in [9.17, 15) is 13.2 Å². The number of hydrogen-bond acceptors (Lipinski definition) is 4. The molecule has 0 aliphatic carbocycles. The van der Waals surface area contributed by atoms with E-state index in [1.807, 2.05) is 0 Å². The van der Waals surface area contributed by atoms with Crippen LogP contribution in [0, 0.1) is 0 Å². The van der Waals surface area contributed by atoms with Crippen LogP contribution in [0.15, 0.2) is 24.3 Å². The molecule has 1 aromatic rings. The highest BCUT2D eigenvalue weighted by atomic mass is 35.5. The normalized spacial score (nSPS) is 23.2. The summed E-state index contributed by atoms with van der Waals surface area (Å²) < 4.78 is 32.9. The van der Waals surface area contributed by atoms with Gasteiger partial charge in [0.25, 0.3) is 5.91 Å². The van der Waals surface area contributed by atoms with Crippen LogP contribution in [0.2, 0.25) is 5.02 Å². The third kappa shape index (κ3) is 4.22. The maximum Gasteiger partial charge on any atom is 0.253 e. The predicted octanol–water partition coefficient (Wildman–Crippen LogP) is 2.39. The second kappa shape index (κ2) is 8.25. The van der Waals surface area contributed by atoms with Crippen molar-refractivity contribution in [1.29, 1.82) is 0 Å². The highest BCUT2D eigenvalue weighted by Gasteiger charge is 2.38. The SMILES string of the molecule is COC1CCN(S(=O)(=O)C2CCCN(C(=O)c3cccc(Cl)c3)C2)CC1.